The Labute approximate surface area is 137 Å². The summed E-state index contributed by atoms with van der Waals surface area (Å²) in [5.41, 5.74) is 2.26. The third-order valence-corrected chi connectivity index (χ3v) is 4.63. The minimum absolute atomic E-state index is 0.188. The van der Waals surface area contributed by atoms with Crippen molar-refractivity contribution >= 4 is 39.1 Å². The fourth-order valence-electron chi connectivity index (χ4n) is 2.07. The van der Waals surface area contributed by atoms with Crippen LogP contribution in [-0.4, -0.2) is 11.5 Å². The third-order valence-electron chi connectivity index (χ3n) is 3.08. The van der Waals surface area contributed by atoms with Gasteiger partial charge >= 0.3 is 0 Å². The second-order valence-corrected chi connectivity index (χ2v) is 6.12. The highest BCUT2D eigenvalue weighted by Crippen LogP contribution is 2.28. The molecule has 20 heavy (non-hydrogen) atoms. The molecule has 2 nitrogen and oxygen atoms in total. The summed E-state index contributed by atoms with van der Waals surface area (Å²) < 4.78 is 0.903. The topological polar surface area (TPSA) is 24.9 Å². The van der Waals surface area contributed by atoms with Gasteiger partial charge in [-0.2, -0.15) is 0 Å². The van der Waals surface area contributed by atoms with Gasteiger partial charge in [0.2, 0.25) is 0 Å². The molecule has 1 N–H and O–H groups in total. The van der Waals surface area contributed by atoms with Crippen LogP contribution in [0.1, 0.15) is 24.1 Å². The Kier molecular flexibility index (Phi) is 5.85. The standard InChI is InChI=1S/C15H15BrCl2N2/c1-2-20-15(8-10-5-6-19-9-14(10)18)11-3-4-13(17)12(16)7-11/h3-7,9,15,20H,2,8H2,1H3. The molecule has 1 heterocycles. The van der Waals surface area contributed by atoms with Gasteiger partial charge in [-0.05, 0) is 58.2 Å². The molecule has 0 aliphatic carbocycles. The van der Waals surface area contributed by atoms with Crippen LogP contribution in [0.4, 0.5) is 0 Å². The van der Waals surface area contributed by atoms with E-state index in [0.717, 1.165) is 23.0 Å². The highest BCUT2D eigenvalue weighted by Gasteiger charge is 2.14. The molecule has 0 bridgehead atoms. The van der Waals surface area contributed by atoms with Crippen LogP contribution < -0.4 is 5.32 Å². The predicted octanol–water partition coefficient (Wildman–Crippen LogP) is 5.04. The van der Waals surface area contributed by atoms with Gasteiger partial charge in [-0.15, -0.1) is 0 Å². The summed E-state index contributed by atoms with van der Waals surface area (Å²) in [7, 11) is 0. The molecule has 5 heteroatoms. The lowest BCUT2D eigenvalue weighted by atomic mass is 9.99. The maximum Gasteiger partial charge on any atom is 0.0622 e. The lowest BCUT2D eigenvalue weighted by Crippen LogP contribution is -2.23. The molecule has 1 unspecified atom stereocenters. The zero-order valence-electron chi connectivity index (χ0n) is 11.0. The van der Waals surface area contributed by atoms with Crippen LogP contribution in [0.3, 0.4) is 0 Å². The Bertz CT molecular complexity index is 590. The van der Waals surface area contributed by atoms with Crippen molar-refractivity contribution in [2.45, 2.75) is 19.4 Å². The van der Waals surface area contributed by atoms with E-state index in [1.807, 2.05) is 24.3 Å². The van der Waals surface area contributed by atoms with Crippen molar-refractivity contribution in [3.05, 3.63) is 62.3 Å². The van der Waals surface area contributed by atoms with Gasteiger partial charge in [0.25, 0.3) is 0 Å². The van der Waals surface area contributed by atoms with Gasteiger partial charge < -0.3 is 5.32 Å². The number of hydrogen-bond donors (Lipinski definition) is 1. The van der Waals surface area contributed by atoms with Crippen LogP contribution in [0.25, 0.3) is 0 Å². The molecular weight excluding hydrogens is 359 g/mol. The number of nitrogens with one attached hydrogen (secondary N) is 1. The normalized spacial score (nSPS) is 12.4. The number of aromatic nitrogens is 1. The second kappa shape index (κ2) is 7.41. The monoisotopic (exact) mass is 372 g/mol. The highest BCUT2D eigenvalue weighted by molar-refractivity contribution is 9.10. The average molecular weight is 374 g/mol. The zero-order valence-corrected chi connectivity index (χ0v) is 14.1. The van der Waals surface area contributed by atoms with E-state index in [-0.39, 0.29) is 6.04 Å². The van der Waals surface area contributed by atoms with Gasteiger partial charge in [0.15, 0.2) is 0 Å². The first-order chi connectivity index (χ1) is 9.61. The molecule has 2 rings (SSSR count). The molecule has 2 aromatic rings. The summed E-state index contributed by atoms with van der Waals surface area (Å²) in [5.74, 6) is 0. The largest absolute Gasteiger partial charge is 0.310 e. The van der Waals surface area contributed by atoms with Crippen LogP contribution in [0.5, 0.6) is 0 Å². The van der Waals surface area contributed by atoms with Crippen molar-refractivity contribution < 1.29 is 0 Å². The second-order valence-electron chi connectivity index (χ2n) is 4.46. The SMILES string of the molecule is CCNC(Cc1ccncc1Cl)c1ccc(Cl)c(Br)c1. The fourth-order valence-corrected chi connectivity index (χ4v) is 2.78. The van der Waals surface area contributed by atoms with E-state index in [4.69, 9.17) is 23.2 Å². The minimum atomic E-state index is 0.188. The van der Waals surface area contributed by atoms with E-state index in [1.54, 1.807) is 12.4 Å². The number of pyridine rings is 1. The number of rotatable bonds is 5. The van der Waals surface area contributed by atoms with Crippen molar-refractivity contribution in [3.8, 4) is 0 Å². The Balaban J connectivity index is 2.27. The van der Waals surface area contributed by atoms with Gasteiger partial charge in [0, 0.05) is 22.9 Å². The van der Waals surface area contributed by atoms with Crippen LogP contribution in [0.2, 0.25) is 10.0 Å². The highest BCUT2D eigenvalue weighted by atomic mass is 79.9. The molecule has 1 aromatic heterocycles. The summed E-state index contributed by atoms with van der Waals surface area (Å²) in [4.78, 5) is 4.02. The molecule has 0 saturated carbocycles. The smallest absolute Gasteiger partial charge is 0.0622 e. The number of hydrogen-bond acceptors (Lipinski definition) is 2. The van der Waals surface area contributed by atoms with Crippen LogP contribution in [0.15, 0.2) is 41.1 Å². The van der Waals surface area contributed by atoms with Crippen LogP contribution in [-0.2, 0) is 6.42 Å². The van der Waals surface area contributed by atoms with E-state index < -0.39 is 0 Å². The quantitative estimate of drug-likeness (QED) is 0.793. The summed E-state index contributed by atoms with van der Waals surface area (Å²) in [6.07, 6.45) is 4.25. The van der Waals surface area contributed by atoms with Gasteiger partial charge in [0.05, 0.1) is 10.0 Å². The fraction of sp³-hybridized carbons (Fsp3) is 0.267. The lowest BCUT2D eigenvalue weighted by Gasteiger charge is -2.19. The van der Waals surface area contributed by atoms with Crippen molar-refractivity contribution in [3.63, 3.8) is 0 Å². The molecule has 0 aliphatic rings. The summed E-state index contributed by atoms with van der Waals surface area (Å²) in [5, 5.41) is 4.89. The maximum atomic E-state index is 6.19. The molecule has 0 fully saturated rings. The van der Waals surface area contributed by atoms with Gasteiger partial charge in [0.1, 0.15) is 0 Å². The van der Waals surface area contributed by atoms with Gasteiger partial charge in [-0.25, -0.2) is 0 Å². The first kappa shape index (κ1) is 15.8. The summed E-state index contributed by atoms with van der Waals surface area (Å²) in [6.45, 7) is 2.97. The number of halogens is 3. The van der Waals surface area contributed by atoms with E-state index in [0.29, 0.717) is 10.0 Å². The van der Waals surface area contributed by atoms with Crippen LogP contribution in [0, 0.1) is 0 Å². The Morgan fingerprint density at radius 3 is 2.70 bits per heavy atom. The summed E-state index contributed by atoms with van der Waals surface area (Å²) >= 11 is 15.7. The van der Waals surface area contributed by atoms with E-state index in [2.05, 4.69) is 33.2 Å². The molecule has 0 spiro atoms. The third kappa shape index (κ3) is 3.95. The van der Waals surface area contributed by atoms with Crippen molar-refractivity contribution in [1.29, 1.82) is 0 Å². The minimum Gasteiger partial charge on any atom is -0.310 e. The molecule has 0 radical (unpaired) electrons. The predicted molar refractivity (Wildman–Crippen MR) is 88.5 cm³/mol. The molecular formula is C15H15BrCl2N2. The molecule has 0 amide bonds. The van der Waals surface area contributed by atoms with E-state index >= 15 is 0 Å². The van der Waals surface area contributed by atoms with Crippen molar-refractivity contribution in [1.82, 2.24) is 10.3 Å². The van der Waals surface area contributed by atoms with E-state index in [9.17, 15) is 0 Å². The van der Waals surface area contributed by atoms with Crippen molar-refractivity contribution in [2.24, 2.45) is 0 Å². The summed E-state index contributed by atoms with van der Waals surface area (Å²) in [6, 6.07) is 8.13. The number of likely N-dealkylation sites (N-methyl/N-ethyl adjacent to an activating group) is 1. The molecule has 0 aliphatic heterocycles. The van der Waals surface area contributed by atoms with Crippen molar-refractivity contribution in [2.75, 3.05) is 6.54 Å². The average Bonchev–Trinajstić information content (AvgIpc) is 2.44. The first-order valence-electron chi connectivity index (χ1n) is 6.38. The van der Waals surface area contributed by atoms with Crippen LogP contribution >= 0.6 is 39.1 Å². The Hall–Kier alpha value is -0.610. The lowest BCUT2D eigenvalue weighted by molar-refractivity contribution is 0.549. The number of benzene rings is 1. The molecule has 106 valence electrons. The Morgan fingerprint density at radius 1 is 1.25 bits per heavy atom. The number of nitrogens with zero attached hydrogens (tertiary/aromatic N) is 1. The molecule has 0 saturated heterocycles. The Morgan fingerprint density at radius 2 is 2.05 bits per heavy atom. The van der Waals surface area contributed by atoms with Gasteiger partial charge in [-0.1, -0.05) is 36.2 Å². The zero-order chi connectivity index (χ0) is 14.5. The van der Waals surface area contributed by atoms with E-state index in [1.165, 1.54) is 5.56 Å². The first-order valence-corrected chi connectivity index (χ1v) is 7.93. The maximum absolute atomic E-state index is 6.19. The van der Waals surface area contributed by atoms with Gasteiger partial charge in [-0.3, -0.25) is 4.98 Å². The molecule has 1 aromatic carbocycles. The molecule has 1 atom stereocenters.